The zero-order valence-electron chi connectivity index (χ0n) is 24.8. The molecule has 230 valence electrons. The fourth-order valence-corrected chi connectivity index (χ4v) is 4.76. The summed E-state index contributed by atoms with van der Waals surface area (Å²) in [6.45, 7) is 13.8. The summed E-state index contributed by atoms with van der Waals surface area (Å²) in [5, 5.41) is 0. The average molecular weight is 615 g/mol. The molecule has 0 saturated heterocycles. The van der Waals surface area contributed by atoms with Crippen molar-refractivity contribution in [1.29, 1.82) is 0 Å². The van der Waals surface area contributed by atoms with Crippen LogP contribution in [0.4, 0.5) is 0 Å². The Morgan fingerprint density at radius 3 is 0.696 bits per heavy atom. The minimum absolute atomic E-state index is 0.345. The minimum Gasteiger partial charge on any atom is -0.423 e. The highest BCUT2D eigenvalue weighted by atomic mass is 16.5. The van der Waals surface area contributed by atoms with Crippen molar-refractivity contribution in [2.45, 2.75) is 11.8 Å². The van der Waals surface area contributed by atoms with Crippen LogP contribution in [0, 0.1) is 0 Å². The summed E-state index contributed by atoms with van der Waals surface area (Å²) >= 11 is 0. The van der Waals surface area contributed by atoms with Crippen LogP contribution in [-0.2, 0) is 19.2 Å². The standard InChI is InChI=1S/C38H30O8/c1-5-33(39)43-29-17-9-25(10-18-29)37(26-11-19-30(20-12-26)44-34(40)6-2)38(27-13-21-31(22-14-27)45-35(41)7-3)28-15-23-32(24-16-28)46-36(42)8-4/h5-24,37-38H,1-4H2. The fourth-order valence-electron chi connectivity index (χ4n) is 4.76. The molecule has 0 fully saturated rings. The van der Waals surface area contributed by atoms with Gasteiger partial charge in [0.25, 0.3) is 0 Å². The van der Waals surface area contributed by atoms with Crippen LogP contribution in [-0.4, -0.2) is 23.9 Å². The zero-order valence-corrected chi connectivity index (χ0v) is 24.8. The van der Waals surface area contributed by atoms with Gasteiger partial charge in [0.2, 0.25) is 0 Å². The third kappa shape index (κ3) is 8.42. The molecule has 46 heavy (non-hydrogen) atoms. The molecule has 0 aliphatic heterocycles. The Morgan fingerprint density at radius 2 is 0.543 bits per heavy atom. The van der Waals surface area contributed by atoms with Crippen molar-refractivity contribution in [2.75, 3.05) is 0 Å². The number of hydrogen-bond donors (Lipinski definition) is 0. The van der Waals surface area contributed by atoms with Crippen molar-refractivity contribution in [3.8, 4) is 23.0 Å². The largest absolute Gasteiger partial charge is 0.423 e. The first kappa shape index (κ1) is 32.6. The number of esters is 4. The van der Waals surface area contributed by atoms with Crippen molar-refractivity contribution >= 4 is 23.9 Å². The van der Waals surface area contributed by atoms with E-state index in [-0.39, 0.29) is 11.8 Å². The first-order valence-corrected chi connectivity index (χ1v) is 14.0. The molecule has 0 bridgehead atoms. The molecular formula is C38H30O8. The van der Waals surface area contributed by atoms with E-state index in [1.165, 1.54) is 0 Å². The normalized spacial score (nSPS) is 10.4. The van der Waals surface area contributed by atoms with Gasteiger partial charge in [-0.1, -0.05) is 74.8 Å². The molecule has 0 saturated carbocycles. The summed E-state index contributed by atoms with van der Waals surface area (Å²) in [5.74, 6) is -1.65. The molecule has 0 spiro atoms. The van der Waals surface area contributed by atoms with Crippen LogP contribution >= 0.6 is 0 Å². The van der Waals surface area contributed by atoms with Gasteiger partial charge in [-0.05, 0) is 70.8 Å². The zero-order chi connectivity index (χ0) is 33.1. The lowest BCUT2D eigenvalue weighted by atomic mass is 9.73. The molecule has 0 N–H and O–H groups in total. The molecule has 0 unspecified atom stereocenters. The van der Waals surface area contributed by atoms with Gasteiger partial charge in [-0.2, -0.15) is 0 Å². The van der Waals surface area contributed by atoms with Gasteiger partial charge in [0, 0.05) is 36.1 Å². The molecular weight excluding hydrogens is 584 g/mol. The molecule has 4 aromatic rings. The van der Waals surface area contributed by atoms with Crippen molar-refractivity contribution in [1.82, 2.24) is 0 Å². The molecule has 0 aromatic heterocycles. The number of carbonyl (C=O) groups excluding carboxylic acids is 4. The van der Waals surface area contributed by atoms with Gasteiger partial charge in [-0.15, -0.1) is 0 Å². The van der Waals surface area contributed by atoms with E-state index >= 15 is 0 Å². The highest BCUT2D eigenvalue weighted by molar-refractivity contribution is 5.84. The van der Waals surface area contributed by atoms with Crippen LogP contribution in [0.2, 0.25) is 0 Å². The molecule has 0 amide bonds. The summed E-state index contributed by atoms with van der Waals surface area (Å²) in [4.78, 5) is 47.2. The van der Waals surface area contributed by atoms with Crippen LogP contribution in [0.25, 0.3) is 0 Å². The second kappa shape index (κ2) is 15.4. The summed E-state index contributed by atoms with van der Waals surface area (Å²) in [6.07, 6.45) is 4.33. The van der Waals surface area contributed by atoms with E-state index in [4.69, 9.17) is 18.9 Å². The van der Waals surface area contributed by atoms with E-state index in [0.29, 0.717) is 23.0 Å². The summed E-state index contributed by atoms with van der Waals surface area (Å²) in [7, 11) is 0. The molecule has 8 heteroatoms. The second-order valence-electron chi connectivity index (χ2n) is 9.73. The Hall–Kier alpha value is -6.28. The van der Waals surface area contributed by atoms with Crippen LogP contribution in [0.5, 0.6) is 23.0 Å². The van der Waals surface area contributed by atoms with Gasteiger partial charge in [0.15, 0.2) is 0 Å². The maximum Gasteiger partial charge on any atom is 0.335 e. The van der Waals surface area contributed by atoms with Gasteiger partial charge in [0.1, 0.15) is 23.0 Å². The predicted octanol–water partition coefficient (Wildman–Crippen LogP) is 7.02. The number of hydrogen-bond acceptors (Lipinski definition) is 8. The van der Waals surface area contributed by atoms with Gasteiger partial charge in [-0.3, -0.25) is 0 Å². The average Bonchev–Trinajstić information content (AvgIpc) is 3.08. The number of ether oxygens (including phenoxy) is 4. The number of rotatable bonds is 13. The summed E-state index contributed by atoms with van der Waals surface area (Å²) in [5.41, 5.74) is 3.46. The van der Waals surface area contributed by atoms with Crippen LogP contribution in [0.1, 0.15) is 34.1 Å². The molecule has 8 nitrogen and oxygen atoms in total. The van der Waals surface area contributed by atoms with Gasteiger partial charge in [0.05, 0.1) is 0 Å². The number of carbonyl (C=O) groups is 4. The molecule has 0 aliphatic carbocycles. The van der Waals surface area contributed by atoms with Crippen molar-refractivity contribution < 1.29 is 38.1 Å². The van der Waals surface area contributed by atoms with Crippen molar-refractivity contribution in [2.24, 2.45) is 0 Å². The Morgan fingerprint density at radius 1 is 0.370 bits per heavy atom. The number of benzene rings is 4. The van der Waals surface area contributed by atoms with E-state index in [9.17, 15) is 19.2 Å². The molecule has 0 radical (unpaired) electrons. The highest BCUT2D eigenvalue weighted by Gasteiger charge is 2.29. The third-order valence-electron chi connectivity index (χ3n) is 6.83. The van der Waals surface area contributed by atoms with Crippen molar-refractivity contribution in [3.63, 3.8) is 0 Å². The van der Waals surface area contributed by atoms with Gasteiger partial charge in [-0.25, -0.2) is 19.2 Å². The molecule has 4 rings (SSSR count). The van der Waals surface area contributed by atoms with E-state index in [0.717, 1.165) is 46.6 Å². The maximum absolute atomic E-state index is 11.8. The molecule has 0 heterocycles. The van der Waals surface area contributed by atoms with Crippen molar-refractivity contribution in [3.05, 3.63) is 170 Å². The summed E-state index contributed by atoms with van der Waals surface area (Å²) < 4.78 is 21.2. The van der Waals surface area contributed by atoms with E-state index in [2.05, 4.69) is 26.3 Å². The molecule has 0 aliphatic rings. The van der Waals surface area contributed by atoms with Gasteiger partial charge < -0.3 is 18.9 Å². The highest BCUT2D eigenvalue weighted by Crippen LogP contribution is 2.44. The summed E-state index contributed by atoms with van der Waals surface area (Å²) in [6, 6.07) is 28.4. The van der Waals surface area contributed by atoms with Crippen LogP contribution in [0.3, 0.4) is 0 Å². The van der Waals surface area contributed by atoms with E-state index in [1.54, 1.807) is 48.5 Å². The van der Waals surface area contributed by atoms with Crippen LogP contribution < -0.4 is 18.9 Å². The van der Waals surface area contributed by atoms with E-state index in [1.807, 2.05) is 48.5 Å². The predicted molar refractivity (Wildman–Crippen MR) is 173 cm³/mol. The Bertz CT molecular complexity index is 1490. The third-order valence-corrected chi connectivity index (χ3v) is 6.83. The maximum atomic E-state index is 11.8. The fraction of sp³-hybridized carbons (Fsp3) is 0.0526. The lowest BCUT2D eigenvalue weighted by Crippen LogP contribution is -2.15. The first-order valence-electron chi connectivity index (χ1n) is 14.0. The quantitative estimate of drug-likeness (QED) is 0.0899. The van der Waals surface area contributed by atoms with Gasteiger partial charge >= 0.3 is 23.9 Å². The minimum atomic E-state index is -0.582. The molecule has 4 aromatic carbocycles. The topological polar surface area (TPSA) is 105 Å². The Kier molecular flexibility index (Phi) is 11.0. The lowest BCUT2D eigenvalue weighted by Gasteiger charge is -2.30. The Balaban J connectivity index is 1.86. The first-order chi connectivity index (χ1) is 22.2. The Labute approximate surface area is 266 Å². The molecule has 0 atom stereocenters. The smallest absolute Gasteiger partial charge is 0.335 e. The second-order valence-corrected chi connectivity index (χ2v) is 9.73. The SMILES string of the molecule is C=CC(=O)Oc1ccc(C(c2ccc(OC(=O)C=C)cc2)C(c2ccc(OC(=O)C=C)cc2)c2ccc(OC(=O)C=C)cc2)cc1. The van der Waals surface area contributed by atoms with E-state index < -0.39 is 23.9 Å². The lowest BCUT2D eigenvalue weighted by molar-refractivity contribution is -0.129. The monoisotopic (exact) mass is 614 g/mol. The van der Waals surface area contributed by atoms with Crippen LogP contribution in [0.15, 0.2) is 148 Å².